The van der Waals surface area contributed by atoms with Crippen LogP contribution in [0.15, 0.2) is 72.9 Å². The molecule has 0 aliphatic rings. The zero-order valence-electron chi connectivity index (χ0n) is 15.3. The van der Waals surface area contributed by atoms with Gasteiger partial charge >= 0.3 is 0 Å². The van der Waals surface area contributed by atoms with Crippen molar-refractivity contribution >= 4 is 16.8 Å². The molecule has 0 fully saturated rings. The second-order valence-electron chi connectivity index (χ2n) is 6.53. The number of aryl methyl sites for hydroxylation is 1. The van der Waals surface area contributed by atoms with Gasteiger partial charge in [0.05, 0.1) is 29.0 Å². The van der Waals surface area contributed by atoms with E-state index in [2.05, 4.69) is 15.3 Å². The second kappa shape index (κ2) is 7.56. The van der Waals surface area contributed by atoms with Gasteiger partial charge in [-0.25, -0.2) is 9.37 Å². The zero-order valence-corrected chi connectivity index (χ0v) is 15.3. The Kier molecular flexibility index (Phi) is 4.81. The molecule has 1 amide bonds. The van der Waals surface area contributed by atoms with Crippen molar-refractivity contribution in [1.29, 1.82) is 0 Å². The molecule has 4 nitrogen and oxygen atoms in total. The number of fused-ring (bicyclic) bond motifs is 1. The lowest BCUT2D eigenvalue weighted by molar-refractivity contribution is 0.0952. The lowest BCUT2D eigenvalue weighted by Gasteiger charge is -2.11. The van der Waals surface area contributed by atoms with E-state index in [0.29, 0.717) is 23.3 Å². The minimum absolute atomic E-state index is 0.202. The number of para-hydroxylation sites is 1. The fourth-order valence-electron chi connectivity index (χ4n) is 3.09. The largest absolute Gasteiger partial charge is 0.346 e. The maximum atomic E-state index is 13.3. The summed E-state index contributed by atoms with van der Waals surface area (Å²) in [5.74, 6) is -0.514. The van der Waals surface area contributed by atoms with E-state index in [1.807, 2.05) is 43.3 Å². The average Bonchev–Trinajstić information content (AvgIpc) is 2.72. The molecular formula is C23H18FN3O. The fraction of sp³-hybridized carbons (Fsp3) is 0.0870. The van der Waals surface area contributed by atoms with Crippen LogP contribution in [0.4, 0.5) is 4.39 Å². The van der Waals surface area contributed by atoms with Gasteiger partial charge in [-0.2, -0.15) is 0 Å². The van der Waals surface area contributed by atoms with Crippen molar-refractivity contribution in [3.63, 3.8) is 0 Å². The van der Waals surface area contributed by atoms with Crippen molar-refractivity contribution in [2.45, 2.75) is 13.5 Å². The first-order valence-electron chi connectivity index (χ1n) is 8.96. The number of carbonyl (C=O) groups is 1. The van der Waals surface area contributed by atoms with Gasteiger partial charge in [-0.15, -0.1) is 0 Å². The maximum Gasteiger partial charge on any atom is 0.252 e. The van der Waals surface area contributed by atoms with Crippen molar-refractivity contribution in [2.75, 3.05) is 0 Å². The Morgan fingerprint density at radius 1 is 1.04 bits per heavy atom. The molecule has 0 bridgehead atoms. The van der Waals surface area contributed by atoms with Crippen LogP contribution in [-0.4, -0.2) is 15.9 Å². The summed E-state index contributed by atoms with van der Waals surface area (Å²) in [6.45, 7) is 2.30. The third kappa shape index (κ3) is 3.60. The normalized spacial score (nSPS) is 10.8. The van der Waals surface area contributed by atoms with Crippen LogP contribution in [0.3, 0.4) is 0 Å². The van der Waals surface area contributed by atoms with E-state index in [0.717, 1.165) is 22.2 Å². The van der Waals surface area contributed by atoms with E-state index in [-0.39, 0.29) is 11.7 Å². The smallest absolute Gasteiger partial charge is 0.252 e. The highest BCUT2D eigenvalue weighted by Gasteiger charge is 2.14. The van der Waals surface area contributed by atoms with Crippen LogP contribution in [0.1, 0.15) is 21.6 Å². The summed E-state index contributed by atoms with van der Waals surface area (Å²) in [6, 6.07) is 19.1. The van der Waals surface area contributed by atoms with Gasteiger partial charge in [0.2, 0.25) is 0 Å². The average molecular weight is 371 g/mol. The Balaban J connectivity index is 1.71. The molecule has 4 aromatic rings. The number of hydrogen-bond acceptors (Lipinski definition) is 3. The Hall–Kier alpha value is -3.60. The molecule has 0 unspecified atom stereocenters. The van der Waals surface area contributed by atoms with Crippen molar-refractivity contribution in [1.82, 2.24) is 15.3 Å². The number of nitrogens with one attached hydrogen (secondary N) is 1. The minimum atomic E-state index is -0.312. The van der Waals surface area contributed by atoms with Gasteiger partial charge in [-0.1, -0.05) is 24.3 Å². The molecule has 0 atom stereocenters. The van der Waals surface area contributed by atoms with Crippen molar-refractivity contribution in [2.24, 2.45) is 0 Å². The molecule has 2 heterocycles. The van der Waals surface area contributed by atoms with Gasteiger partial charge < -0.3 is 5.32 Å². The van der Waals surface area contributed by atoms with Crippen molar-refractivity contribution < 1.29 is 9.18 Å². The highest BCUT2D eigenvalue weighted by atomic mass is 19.1. The standard InChI is InChI=1S/C23H18FN3O/c1-15-5-4-12-25-22(15)14-26-23(28)19-13-21(16-8-10-17(24)11-9-16)27-20-7-3-2-6-18(19)20/h2-13H,14H2,1H3,(H,26,28). The van der Waals surface area contributed by atoms with E-state index in [4.69, 9.17) is 0 Å². The number of nitrogens with zero attached hydrogens (tertiary/aromatic N) is 2. The fourth-order valence-corrected chi connectivity index (χ4v) is 3.09. The Morgan fingerprint density at radius 3 is 2.61 bits per heavy atom. The van der Waals surface area contributed by atoms with Gasteiger partial charge in [0.15, 0.2) is 0 Å². The maximum absolute atomic E-state index is 13.3. The van der Waals surface area contributed by atoms with E-state index in [1.165, 1.54) is 12.1 Å². The van der Waals surface area contributed by atoms with Gasteiger partial charge in [0, 0.05) is 17.1 Å². The van der Waals surface area contributed by atoms with Crippen LogP contribution >= 0.6 is 0 Å². The molecule has 4 rings (SSSR count). The molecular weight excluding hydrogens is 353 g/mol. The molecule has 0 aliphatic heterocycles. The zero-order chi connectivity index (χ0) is 19.5. The molecule has 0 saturated heterocycles. The summed E-state index contributed by atoms with van der Waals surface area (Å²) in [5, 5.41) is 3.71. The summed E-state index contributed by atoms with van der Waals surface area (Å²) >= 11 is 0. The van der Waals surface area contributed by atoms with Crippen molar-refractivity contribution in [3.05, 3.63) is 95.6 Å². The highest BCUT2D eigenvalue weighted by molar-refractivity contribution is 6.07. The number of benzene rings is 2. The third-order valence-corrected chi connectivity index (χ3v) is 4.64. The van der Waals surface area contributed by atoms with Crippen LogP contribution < -0.4 is 5.32 Å². The number of carbonyl (C=O) groups excluding carboxylic acids is 1. The first-order chi connectivity index (χ1) is 13.6. The summed E-state index contributed by atoms with van der Waals surface area (Å²) in [7, 11) is 0. The molecule has 2 aromatic carbocycles. The molecule has 0 radical (unpaired) electrons. The number of hydrogen-bond donors (Lipinski definition) is 1. The van der Waals surface area contributed by atoms with Crippen LogP contribution in [-0.2, 0) is 6.54 Å². The van der Waals surface area contributed by atoms with Gasteiger partial charge in [-0.05, 0) is 55.0 Å². The SMILES string of the molecule is Cc1cccnc1CNC(=O)c1cc(-c2ccc(F)cc2)nc2ccccc12. The van der Waals surface area contributed by atoms with E-state index >= 15 is 0 Å². The molecule has 2 aromatic heterocycles. The molecule has 0 saturated carbocycles. The number of rotatable bonds is 4. The topological polar surface area (TPSA) is 54.9 Å². The predicted octanol–water partition coefficient (Wildman–Crippen LogP) is 4.67. The summed E-state index contributed by atoms with van der Waals surface area (Å²) in [4.78, 5) is 21.9. The highest BCUT2D eigenvalue weighted by Crippen LogP contribution is 2.25. The molecule has 0 aliphatic carbocycles. The number of halogens is 1. The molecule has 1 N–H and O–H groups in total. The van der Waals surface area contributed by atoms with Crippen LogP contribution in [0.2, 0.25) is 0 Å². The summed E-state index contributed by atoms with van der Waals surface area (Å²) < 4.78 is 13.3. The molecule has 5 heteroatoms. The lowest BCUT2D eigenvalue weighted by atomic mass is 10.0. The first-order valence-corrected chi connectivity index (χ1v) is 8.96. The quantitative estimate of drug-likeness (QED) is 0.567. The lowest BCUT2D eigenvalue weighted by Crippen LogP contribution is -2.24. The van der Waals surface area contributed by atoms with E-state index in [1.54, 1.807) is 24.4 Å². The van der Waals surface area contributed by atoms with Crippen LogP contribution in [0.25, 0.3) is 22.2 Å². The first kappa shape index (κ1) is 17.8. The summed E-state index contributed by atoms with van der Waals surface area (Å²) in [6.07, 6.45) is 1.71. The number of pyridine rings is 2. The van der Waals surface area contributed by atoms with Crippen LogP contribution in [0.5, 0.6) is 0 Å². The minimum Gasteiger partial charge on any atom is -0.346 e. The number of amides is 1. The van der Waals surface area contributed by atoms with E-state index in [9.17, 15) is 9.18 Å². The molecule has 28 heavy (non-hydrogen) atoms. The Bertz CT molecular complexity index is 1160. The monoisotopic (exact) mass is 371 g/mol. The second-order valence-corrected chi connectivity index (χ2v) is 6.53. The summed E-state index contributed by atoms with van der Waals surface area (Å²) in [5.41, 5.74) is 4.46. The van der Waals surface area contributed by atoms with Crippen molar-refractivity contribution in [3.8, 4) is 11.3 Å². The Morgan fingerprint density at radius 2 is 1.82 bits per heavy atom. The predicted molar refractivity (Wildman–Crippen MR) is 107 cm³/mol. The Labute approximate surface area is 162 Å². The van der Waals surface area contributed by atoms with E-state index < -0.39 is 0 Å². The van der Waals surface area contributed by atoms with Gasteiger partial charge in [0.1, 0.15) is 5.82 Å². The molecule has 138 valence electrons. The number of aromatic nitrogens is 2. The van der Waals surface area contributed by atoms with Crippen LogP contribution in [0, 0.1) is 12.7 Å². The third-order valence-electron chi connectivity index (χ3n) is 4.64. The molecule has 0 spiro atoms. The van der Waals surface area contributed by atoms with Gasteiger partial charge in [0.25, 0.3) is 5.91 Å². The van der Waals surface area contributed by atoms with Gasteiger partial charge in [-0.3, -0.25) is 9.78 Å².